The van der Waals surface area contributed by atoms with Gasteiger partial charge in [-0.25, -0.2) is 9.59 Å². The molecule has 2 aliphatic heterocycles. The number of benzene rings is 4. The molecule has 80 heavy (non-hydrogen) atoms. The summed E-state index contributed by atoms with van der Waals surface area (Å²) in [5.41, 5.74) is 4.40. The zero-order chi connectivity index (χ0) is 58.4. The molecule has 0 aromatic heterocycles. The molecule has 1 fully saturated rings. The third-order valence-corrected chi connectivity index (χ3v) is 15.7. The van der Waals surface area contributed by atoms with Crippen molar-refractivity contribution in [3.05, 3.63) is 136 Å². The maximum absolute atomic E-state index is 14.3. The Bertz CT molecular complexity index is 2930. The number of ether oxygens (including phenoxy) is 4. The zero-order valence-corrected chi connectivity index (χ0v) is 48.6. The van der Waals surface area contributed by atoms with E-state index in [4.69, 9.17) is 30.5 Å². The van der Waals surface area contributed by atoms with Gasteiger partial charge in [-0.3, -0.25) is 28.9 Å². The molecule has 18 heteroatoms. The fraction of sp³-hybridized carbons (Fsp3) is 0.468. The molecule has 0 spiro atoms. The second kappa shape index (κ2) is 25.5. The molecule has 7 rings (SSSR count). The van der Waals surface area contributed by atoms with Crippen molar-refractivity contribution in [2.24, 2.45) is 22.7 Å². The van der Waals surface area contributed by atoms with Gasteiger partial charge in [0, 0.05) is 49.5 Å². The number of hydrogen-bond acceptors (Lipinski definition) is 11. The molecule has 6 amide bonds. The van der Waals surface area contributed by atoms with E-state index in [-0.39, 0.29) is 43.9 Å². The molecule has 17 nitrogen and oxygen atoms in total. The summed E-state index contributed by atoms with van der Waals surface area (Å²) < 4.78 is 23.9. The van der Waals surface area contributed by atoms with Gasteiger partial charge in [-0.1, -0.05) is 138 Å². The summed E-state index contributed by atoms with van der Waals surface area (Å²) in [6.45, 7) is 18.2. The van der Waals surface area contributed by atoms with Crippen LogP contribution in [0.1, 0.15) is 122 Å². The third kappa shape index (κ3) is 14.6. The maximum atomic E-state index is 14.3. The predicted octanol–water partition coefficient (Wildman–Crippen LogP) is 8.46. The zero-order valence-electron chi connectivity index (χ0n) is 47.8. The second-order valence-electron chi connectivity index (χ2n) is 23.4. The lowest BCUT2D eigenvalue weighted by molar-refractivity contribution is -0.157. The fourth-order valence-electron chi connectivity index (χ4n) is 10.2. The van der Waals surface area contributed by atoms with E-state index in [1.165, 1.54) is 25.1 Å². The minimum atomic E-state index is -1.21. The molecule has 4 aromatic carbocycles. The highest BCUT2D eigenvalue weighted by Crippen LogP contribution is 2.47. The average Bonchev–Trinajstić information content (AvgIpc) is 4.15. The summed E-state index contributed by atoms with van der Waals surface area (Å²) in [4.78, 5) is 98.1. The fourth-order valence-corrected chi connectivity index (χ4v) is 10.5. The minimum Gasteiger partial charge on any atom is -0.495 e. The number of methoxy groups -OCH3 is 1. The Labute approximate surface area is 474 Å². The first-order valence-corrected chi connectivity index (χ1v) is 27.7. The molecule has 1 aliphatic carbocycles. The van der Waals surface area contributed by atoms with Crippen molar-refractivity contribution in [1.82, 2.24) is 31.5 Å². The van der Waals surface area contributed by atoms with E-state index >= 15 is 0 Å². The molecule has 3 aliphatic rings. The number of amides is 6. The number of hydrogen-bond donors (Lipinski definition) is 5. The van der Waals surface area contributed by atoms with E-state index in [9.17, 15) is 33.6 Å². The van der Waals surface area contributed by atoms with Crippen molar-refractivity contribution in [2.45, 2.75) is 150 Å². The van der Waals surface area contributed by atoms with Gasteiger partial charge in [-0.15, -0.1) is 0 Å². The molecule has 0 radical (unpaired) electrons. The Kier molecular flexibility index (Phi) is 19.2. The van der Waals surface area contributed by atoms with Crippen molar-refractivity contribution in [3.63, 3.8) is 0 Å². The number of fused-ring (bicyclic) bond motifs is 3. The van der Waals surface area contributed by atoms with Crippen LogP contribution in [0.2, 0.25) is 5.02 Å². The molecule has 0 saturated carbocycles. The van der Waals surface area contributed by atoms with Crippen molar-refractivity contribution >= 4 is 53.2 Å². The first kappa shape index (κ1) is 60.4. The quantitative estimate of drug-likeness (QED) is 0.0561. The highest BCUT2D eigenvalue weighted by Gasteiger charge is 2.48. The van der Waals surface area contributed by atoms with Crippen LogP contribution in [0.15, 0.2) is 103 Å². The van der Waals surface area contributed by atoms with E-state index < -0.39 is 101 Å². The summed E-state index contributed by atoms with van der Waals surface area (Å²) in [5, 5.41) is 14.7. The van der Waals surface area contributed by atoms with Crippen LogP contribution in [0.3, 0.4) is 0 Å². The number of esters is 1. The number of nitrogens with one attached hydrogen (secondary N) is 5. The summed E-state index contributed by atoms with van der Waals surface area (Å²) in [6.07, 6.45) is 0.520. The average molecular weight is 1120 g/mol. The highest BCUT2D eigenvalue weighted by molar-refractivity contribution is 6.32. The Morgan fingerprint density at radius 2 is 1.46 bits per heavy atom. The molecule has 1 saturated heterocycles. The molecule has 9 atom stereocenters. The molecule has 0 bridgehead atoms. The number of cyclic esters (lactones) is 1. The van der Waals surface area contributed by atoms with E-state index in [1.807, 2.05) is 114 Å². The van der Waals surface area contributed by atoms with Crippen molar-refractivity contribution in [2.75, 3.05) is 14.2 Å². The van der Waals surface area contributed by atoms with Gasteiger partial charge >= 0.3 is 12.1 Å². The number of halogens is 1. The first-order chi connectivity index (χ1) is 37.8. The lowest BCUT2D eigenvalue weighted by atomic mass is 9.82. The van der Waals surface area contributed by atoms with Crippen LogP contribution in [0.4, 0.5) is 4.79 Å². The van der Waals surface area contributed by atoms with Crippen LogP contribution >= 0.6 is 11.6 Å². The smallest absolute Gasteiger partial charge is 0.411 e. The predicted molar refractivity (Wildman–Crippen MR) is 304 cm³/mol. The first-order valence-electron chi connectivity index (χ1n) is 27.3. The number of nitrogens with zero attached hydrogens (tertiary/aromatic N) is 1. The Hall–Kier alpha value is -7.24. The lowest BCUT2D eigenvalue weighted by Crippen LogP contribution is -2.58. The lowest BCUT2D eigenvalue weighted by Gasteiger charge is -2.35. The minimum absolute atomic E-state index is 0.0849. The number of likely N-dealkylation sites (N-methyl/N-ethyl adjacent to an activating group) is 1. The van der Waals surface area contributed by atoms with Crippen LogP contribution < -0.4 is 31.3 Å². The molecular formula is C62H77ClN6O11. The van der Waals surface area contributed by atoms with Crippen LogP contribution in [-0.4, -0.2) is 103 Å². The van der Waals surface area contributed by atoms with Gasteiger partial charge < -0.3 is 45.5 Å². The maximum Gasteiger partial charge on any atom is 0.411 e. The SMILES string of the molecule is COc1ccc(C[C@H]2NC(=O)/C=C\C[C@@H]([C@H](C)[C@H]3O[C@@H]3c3ccc(CNC(=O)[C@H](C)NC(=O)[C@H](C(C)C)N(C)C(=O)OC4c5ccccc5-c5ccccc54)cc3)OC(=O)[C@H](CC(C)(C)C)NC(=O)C(C)(C)C(C)NC2=O)cc1Cl. The molecular weight excluding hydrogens is 1040 g/mol. The van der Waals surface area contributed by atoms with Gasteiger partial charge in [-0.2, -0.15) is 0 Å². The summed E-state index contributed by atoms with van der Waals surface area (Å²) in [5.74, 6) is -3.34. The van der Waals surface area contributed by atoms with Gasteiger partial charge in [0.2, 0.25) is 29.5 Å². The molecule has 1 unspecified atom stereocenters. The van der Waals surface area contributed by atoms with E-state index in [0.29, 0.717) is 16.3 Å². The number of carbonyl (C=O) groups is 7. The Balaban J connectivity index is 0.981. The summed E-state index contributed by atoms with van der Waals surface area (Å²) >= 11 is 6.43. The van der Waals surface area contributed by atoms with Crippen molar-refractivity contribution in [3.8, 4) is 16.9 Å². The number of epoxide rings is 1. The molecule has 5 N–H and O–H groups in total. The summed E-state index contributed by atoms with van der Waals surface area (Å²) in [6, 6.07) is 23.5. The van der Waals surface area contributed by atoms with Gasteiger partial charge in [0.05, 0.1) is 23.7 Å². The van der Waals surface area contributed by atoms with E-state index in [1.54, 1.807) is 52.0 Å². The topological polar surface area (TPSA) is 223 Å². The number of rotatable bonds is 15. The van der Waals surface area contributed by atoms with Crippen LogP contribution in [-0.2, 0) is 55.9 Å². The molecule has 428 valence electrons. The van der Waals surface area contributed by atoms with Gasteiger partial charge in [0.1, 0.15) is 42.1 Å². The van der Waals surface area contributed by atoms with Crippen molar-refractivity contribution in [1.29, 1.82) is 0 Å². The Morgan fingerprint density at radius 3 is 2.06 bits per heavy atom. The van der Waals surface area contributed by atoms with Gasteiger partial charge in [0.25, 0.3) is 0 Å². The van der Waals surface area contributed by atoms with Crippen LogP contribution in [0.25, 0.3) is 11.1 Å². The summed E-state index contributed by atoms with van der Waals surface area (Å²) in [7, 11) is 3.02. The van der Waals surface area contributed by atoms with Crippen molar-refractivity contribution < 1.29 is 52.5 Å². The largest absolute Gasteiger partial charge is 0.495 e. The Morgan fingerprint density at radius 1 is 0.838 bits per heavy atom. The normalized spacial score (nSPS) is 22.9. The van der Waals surface area contributed by atoms with Gasteiger partial charge in [0.15, 0.2) is 6.10 Å². The molecule has 4 aromatic rings. The van der Waals surface area contributed by atoms with Gasteiger partial charge in [-0.05, 0) is 91.5 Å². The van der Waals surface area contributed by atoms with E-state index in [0.717, 1.165) is 33.4 Å². The number of carbonyl (C=O) groups excluding carboxylic acids is 7. The van der Waals surface area contributed by atoms with Crippen LogP contribution in [0.5, 0.6) is 5.75 Å². The standard InChI is InChI=1S/C62H77ClN6O11/c1-34(2)51(69(11)60(76)80-54-43-20-15-13-18-41(43)42-19-14-16-21-44(42)54)57(73)65-36(4)55(71)64-33-38-24-27-40(28-25-38)53-52(79-53)35(3)48-22-17-23-50(70)67-46(31-39-26-29-49(77-12)45(63)30-39)56(72)66-37(5)62(9,10)59(75)68-47(58(74)78-48)32-61(6,7)8/h13-21,23-30,34-37,46-48,51-54H,22,31-33H2,1-12H3,(H,64,71)(H,65,73)(H,66,72)(H,67,70)(H,68,75)/b23-17-/t35-,36-,37?,46+,47-,48-,51-,52+,53+/m0/s1. The van der Waals surface area contributed by atoms with E-state index in [2.05, 4.69) is 26.6 Å². The highest BCUT2D eigenvalue weighted by atomic mass is 35.5. The second-order valence-corrected chi connectivity index (χ2v) is 23.8. The van der Waals surface area contributed by atoms with Crippen LogP contribution in [0, 0.1) is 22.7 Å². The molecule has 2 heterocycles. The third-order valence-electron chi connectivity index (χ3n) is 15.4. The monoisotopic (exact) mass is 1120 g/mol.